The lowest BCUT2D eigenvalue weighted by molar-refractivity contribution is 0.281. The van der Waals surface area contributed by atoms with Gasteiger partial charge in [-0.2, -0.15) is 9.97 Å². The van der Waals surface area contributed by atoms with Crippen molar-refractivity contribution >= 4 is 11.6 Å². The summed E-state index contributed by atoms with van der Waals surface area (Å²) >= 11 is 0. The Morgan fingerprint density at radius 1 is 0.781 bits per heavy atom. The highest BCUT2D eigenvalue weighted by molar-refractivity contribution is 5.53. The van der Waals surface area contributed by atoms with Crippen molar-refractivity contribution in [2.75, 3.05) is 12.4 Å². The first-order valence-electron chi connectivity index (χ1n) is 10.5. The second kappa shape index (κ2) is 10.0. The van der Waals surface area contributed by atoms with Crippen molar-refractivity contribution in [2.45, 2.75) is 26.4 Å². The first-order valence-corrected chi connectivity index (χ1v) is 10.5. The van der Waals surface area contributed by atoms with Crippen LogP contribution in [0.5, 0.6) is 5.75 Å². The van der Waals surface area contributed by atoms with Gasteiger partial charge < -0.3 is 15.2 Å². The summed E-state index contributed by atoms with van der Waals surface area (Å²) in [5.41, 5.74) is 5.07. The van der Waals surface area contributed by atoms with Crippen molar-refractivity contribution in [3.05, 3.63) is 107 Å². The van der Waals surface area contributed by atoms with Crippen LogP contribution >= 0.6 is 0 Å². The van der Waals surface area contributed by atoms with Crippen molar-refractivity contribution in [1.29, 1.82) is 0 Å². The fourth-order valence-corrected chi connectivity index (χ4v) is 3.43. The van der Waals surface area contributed by atoms with Crippen molar-refractivity contribution < 1.29 is 9.84 Å². The van der Waals surface area contributed by atoms with E-state index in [1.54, 1.807) is 7.11 Å². The molecule has 0 bridgehead atoms. The van der Waals surface area contributed by atoms with E-state index in [1.165, 1.54) is 5.56 Å². The van der Waals surface area contributed by atoms with Crippen LogP contribution in [-0.2, 0) is 19.4 Å². The van der Waals surface area contributed by atoms with Crippen LogP contribution in [-0.4, -0.2) is 27.2 Å². The van der Waals surface area contributed by atoms with Gasteiger partial charge in [0, 0.05) is 18.5 Å². The van der Waals surface area contributed by atoms with Gasteiger partial charge in [-0.1, -0.05) is 54.1 Å². The summed E-state index contributed by atoms with van der Waals surface area (Å²) in [6, 6.07) is 23.8. The first-order chi connectivity index (χ1) is 15.6. The number of anilines is 2. The molecule has 0 aliphatic rings. The maximum absolute atomic E-state index is 9.45. The Hall–Kier alpha value is -3.77. The molecule has 0 aliphatic heterocycles. The van der Waals surface area contributed by atoms with E-state index >= 15 is 0 Å². The molecule has 0 spiro atoms. The summed E-state index contributed by atoms with van der Waals surface area (Å²) in [6.45, 7) is 2.06. The van der Waals surface area contributed by atoms with Gasteiger partial charge in [-0.05, 0) is 47.9 Å². The Balaban J connectivity index is 1.65. The summed E-state index contributed by atoms with van der Waals surface area (Å²) in [7, 11) is 1.66. The number of nitrogens with zero attached hydrogens (tertiary/aromatic N) is 3. The Labute approximate surface area is 188 Å². The highest BCUT2D eigenvalue weighted by atomic mass is 16.5. The quantitative estimate of drug-likeness (QED) is 0.428. The van der Waals surface area contributed by atoms with Crippen LogP contribution in [0.1, 0.15) is 33.9 Å². The molecule has 4 aromatic rings. The van der Waals surface area contributed by atoms with Crippen LogP contribution in [0, 0.1) is 6.92 Å². The average molecular weight is 427 g/mol. The van der Waals surface area contributed by atoms with Gasteiger partial charge in [0.25, 0.3) is 0 Å². The second-order valence-electron chi connectivity index (χ2n) is 7.67. The van der Waals surface area contributed by atoms with Crippen molar-refractivity contribution in [3.8, 4) is 5.75 Å². The van der Waals surface area contributed by atoms with Gasteiger partial charge in [0.1, 0.15) is 17.4 Å². The summed E-state index contributed by atoms with van der Waals surface area (Å²) in [4.78, 5) is 14.0. The molecule has 162 valence electrons. The number of ether oxygens (including phenoxy) is 1. The molecule has 32 heavy (non-hydrogen) atoms. The van der Waals surface area contributed by atoms with E-state index in [0.29, 0.717) is 30.4 Å². The maximum atomic E-state index is 9.45. The third kappa shape index (κ3) is 5.68. The molecule has 3 aromatic carbocycles. The summed E-state index contributed by atoms with van der Waals surface area (Å²) < 4.78 is 5.34. The van der Waals surface area contributed by atoms with Crippen LogP contribution in [0.3, 0.4) is 0 Å². The van der Waals surface area contributed by atoms with Crippen LogP contribution in [0.15, 0.2) is 72.8 Å². The van der Waals surface area contributed by atoms with Crippen LogP contribution < -0.4 is 10.1 Å². The predicted molar refractivity (Wildman–Crippen MR) is 125 cm³/mol. The fraction of sp³-hybridized carbons (Fsp3) is 0.192. The van der Waals surface area contributed by atoms with Gasteiger partial charge >= 0.3 is 0 Å². The molecular weight excluding hydrogens is 400 g/mol. The summed E-state index contributed by atoms with van der Waals surface area (Å²) in [5.74, 6) is 2.66. The molecule has 2 N–H and O–H groups in total. The van der Waals surface area contributed by atoms with Crippen molar-refractivity contribution in [1.82, 2.24) is 15.0 Å². The molecule has 0 saturated carbocycles. The smallest absolute Gasteiger partial charge is 0.230 e. The molecule has 0 amide bonds. The second-order valence-corrected chi connectivity index (χ2v) is 7.67. The van der Waals surface area contributed by atoms with E-state index in [-0.39, 0.29) is 6.61 Å². The van der Waals surface area contributed by atoms with Crippen molar-refractivity contribution in [2.24, 2.45) is 0 Å². The lowest BCUT2D eigenvalue weighted by Gasteiger charge is -2.11. The third-order valence-electron chi connectivity index (χ3n) is 5.07. The number of hydrogen-bond acceptors (Lipinski definition) is 6. The van der Waals surface area contributed by atoms with Gasteiger partial charge in [-0.25, -0.2) is 4.98 Å². The molecule has 0 unspecified atom stereocenters. The summed E-state index contributed by atoms with van der Waals surface area (Å²) in [6.07, 6.45) is 1.11. The van der Waals surface area contributed by atoms with E-state index in [1.807, 2.05) is 72.8 Å². The number of aromatic nitrogens is 3. The lowest BCUT2D eigenvalue weighted by Crippen LogP contribution is -2.09. The van der Waals surface area contributed by atoms with E-state index in [9.17, 15) is 5.11 Å². The maximum Gasteiger partial charge on any atom is 0.230 e. The zero-order valence-electron chi connectivity index (χ0n) is 18.2. The van der Waals surface area contributed by atoms with E-state index in [2.05, 4.69) is 22.2 Å². The molecule has 0 atom stereocenters. The minimum Gasteiger partial charge on any atom is -0.497 e. The highest BCUT2D eigenvalue weighted by Gasteiger charge is 2.10. The Kier molecular flexibility index (Phi) is 6.72. The number of benzene rings is 3. The number of nitrogens with one attached hydrogen (secondary N) is 1. The van der Waals surface area contributed by atoms with E-state index < -0.39 is 0 Å². The Bertz CT molecular complexity index is 1120. The molecule has 4 rings (SSSR count). The van der Waals surface area contributed by atoms with Gasteiger partial charge in [-0.3, -0.25) is 0 Å². The molecule has 0 radical (unpaired) electrons. The number of methoxy groups -OCH3 is 1. The SMILES string of the molecule is COc1cccc(Cc2nc(Cc3cccc(CO)c3)nc(Nc3ccc(C)cc3)n2)c1. The van der Waals surface area contributed by atoms with E-state index in [0.717, 1.165) is 28.1 Å². The summed E-state index contributed by atoms with van der Waals surface area (Å²) in [5, 5.41) is 12.7. The number of rotatable bonds is 8. The molecule has 0 aliphatic carbocycles. The molecule has 6 heteroatoms. The van der Waals surface area contributed by atoms with Gasteiger partial charge in [-0.15, -0.1) is 0 Å². The standard InChI is InChI=1S/C26H26N4O2/c1-18-9-11-22(12-10-18)27-26-29-24(15-19-5-3-7-21(13-19)17-31)28-25(30-26)16-20-6-4-8-23(14-20)32-2/h3-14,31H,15-17H2,1-2H3,(H,27,28,29,30). The molecule has 1 aromatic heterocycles. The van der Waals surface area contributed by atoms with Crippen LogP contribution in [0.25, 0.3) is 0 Å². The lowest BCUT2D eigenvalue weighted by atomic mass is 10.1. The molecule has 1 heterocycles. The van der Waals surface area contributed by atoms with Gasteiger partial charge in [0.2, 0.25) is 5.95 Å². The normalized spacial score (nSPS) is 10.7. The fourth-order valence-electron chi connectivity index (χ4n) is 3.43. The Morgan fingerprint density at radius 3 is 2.06 bits per heavy atom. The molecule has 0 fully saturated rings. The molecule has 6 nitrogen and oxygen atoms in total. The number of aliphatic hydroxyl groups is 1. The molecular formula is C26H26N4O2. The number of aliphatic hydroxyl groups excluding tert-OH is 1. The predicted octanol–water partition coefficient (Wildman–Crippen LogP) is 4.61. The number of hydrogen-bond donors (Lipinski definition) is 2. The van der Waals surface area contributed by atoms with Crippen LogP contribution in [0.4, 0.5) is 11.6 Å². The average Bonchev–Trinajstić information content (AvgIpc) is 2.81. The first kappa shape index (κ1) is 21.5. The topological polar surface area (TPSA) is 80.2 Å². The van der Waals surface area contributed by atoms with Gasteiger partial charge in [0.15, 0.2) is 0 Å². The zero-order valence-corrected chi connectivity index (χ0v) is 18.2. The number of aryl methyl sites for hydroxylation is 1. The molecule has 0 saturated heterocycles. The zero-order chi connectivity index (χ0) is 22.3. The van der Waals surface area contributed by atoms with Gasteiger partial charge in [0.05, 0.1) is 13.7 Å². The Morgan fingerprint density at radius 2 is 1.41 bits per heavy atom. The third-order valence-corrected chi connectivity index (χ3v) is 5.07. The van der Waals surface area contributed by atoms with E-state index in [4.69, 9.17) is 9.72 Å². The van der Waals surface area contributed by atoms with Crippen molar-refractivity contribution in [3.63, 3.8) is 0 Å². The van der Waals surface area contributed by atoms with Crippen LogP contribution in [0.2, 0.25) is 0 Å². The minimum absolute atomic E-state index is 0.00631. The monoisotopic (exact) mass is 426 g/mol. The largest absolute Gasteiger partial charge is 0.497 e. The minimum atomic E-state index is 0.00631. The highest BCUT2D eigenvalue weighted by Crippen LogP contribution is 2.19.